The Balaban J connectivity index is 1.44. The first-order chi connectivity index (χ1) is 18.3. The second-order valence-corrected chi connectivity index (χ2v) is 11.3. The van der Waals surface area contributed by atoms with Crippen molar-refractivity contribution in [2.75, 3.05) is 32.1 Å². The fourth-order valence-corrected chi connectivity index (χ4v) is 5.98. The molecule has 196 valence electrons. The summed E-state index contributed by atoms with van der Waals surface area (Å²) in [6.45, 7) is 7.98. The summed E-state index contributed by atoms with van der Waals surface area (Å²) in [5.41, 5.74) is 4.57. The number of benzene rings is 1. The number of anilines is 1. The van der Waals surface area contributed by atoms with Crippen molar-refractivity contribution in [2.24, 2.45) is 0 Å². The molecule has 2 aliphatic rings. The Kier molecular flexibility index (Phi) is 6.14. The highest BCUT2D eigenvalue weighted by Gasteiger charge is 2.30. The highest BCUT2D eigenvalue weighted by molar-refractivity contribution is 5.75. The van der Waals surface area contributed by atoms with Crippen LogP contribution in [0, 0.1) is 0 Å². The third-order valence-electron chi connectivity index (χ3n) is 7.73. The van der Waals surface area contributed by atoms with Gasteiger partial charge in [-0.15, -0.1) is 0 Å². The predicted molar refractivity (Wildman–Crippen MR) is 151 cm³/mol. The zero-order valence-corrected chi connectivity index (χ0v) is 22.7. The number of rotatable bonds is 2. The molecule has 38 heavy (non-hydrogen) atoms. The van der Waals surface area contributed by atoms with Gasteiger partial charge in [0.25, 0.3) is 5.56 Å². The van der Waals surface area contributed by atoms with Crippen molar-refractivity contribution in [1.82, 2.24) is 29.2 Å². The van der Waals surface area contributed by atoms with Gasteiger partial charge >= 0.3 is 0 Å². The van der Waals surface area contributed by atoms with Gasteiger partial charge < -0.3 is 9.80 Å². The first kappa shape index (κ1) is 24.6. The average Bonchev–Trinajstić information content (AvgIpc) is 3.15. The van der Waals surface area contributed by atoms with E-state index in [0.29, 0.717) is 35.6 Å². The van der Waals surface area contributed by atoms with Crippen LogP contribution >= 0.6 is 0 Å². The van der Waals surface area contributed by atoms with E-state index in [-0.39, 0.29) is 11.0 Å². The van der Waals surface area contributed by atoms with Crippen LogP contribution in [0.4, 0.5) is 5.82 Å². The van der Waals surface area contributed by atoms with Crippen LogP contribution in [0.1, 0.15) is 49.2 Å². The first-order valence-corrected chi connectivity index (χ1v) is 13.4. The molecule has 0 N–H and O–H groups in total. The van der Waals surface area contributed by atoms with Gasteiger partial charge in [0.15, 0.2) is 11.5 Å². The third kappa shape index (κ3) is 4.43. The lowest BCUT2D eigenvalue weighted by Crippen LogP contribution is -2.39. The van der Waals surface area contributed by atoms with Gasteiger partial charge in [-0.05, 0) is 48.7 Å². The largest absolute Gasteiger partial charge is 0.360 e. The molecule has 0 amide bonds. The number of aromatic nitrogens is 5. The number of likely N-dealkylation sites (N-methyl/N-ethyl adjacent to an activating group) is 1. The molecule has 5 heterocycles. The minimum atomic E-state index is -0.104. The van der Waals surface area contributed by atoms with Crippen molar-refractivity contribution in [3.63, 3.8) is 0 Å². The summed E-state index contributed by atoms with van der Waals surface area (Å²) in [6, 6.07) is 12.7. The van der Waals surface area contributed by atoms with Crippen LogP contribution in [0.2, 0.25) is 0 Å². The van der Waals surface area contributed by atoms with E-state index in [0.717, 1.165) is 38.3 Å². The second kappa shape index (κ2) is 9.51. The summed E-state index contributed by atoms with van der Waals surface area (Å²) in [5, 5.41) is 0.506. The van der Waals surface area contributed by atoms with Crippen LogP contribution in [0.25, 0.3) is 16.9 Å². The topological polar surface area (TPSA) is 72.1 Å². The maximum atomic E-state index is 13.5. The molecule has 0 radical (unpaired) electrons. The number of nitrogens with zero attached hydrogens (tertiary/aromatic N) is 7. The van der Waals surface area contributed by atoms with Gasteiger partial charge in [-0.2, -0.15) is 0 Å². The molecule has 0 fully saturated rings. The van der Waals surface area contributed by atoms with Gasteiger partial charge in [-0.1, -0.05) is 50.3 Å². The van der Waals surface area contributed by atoms with Crippen LogP contribution in [0.5, 0.6) is 0 Å². The van der Waals surface area contributed by atoms with Crippen LogP contribution in [-0.2, 0) is 24.9 Å². The van der Waals surface area contributed by atoms with Crippen LogP contribution in [-0.4, -0.2) is 56.4 Å². The predicted octanol–water partition coefficient (Wildman–Crippen LogP) is 4.08. The molecular formula is C30H35N7O. The van der Waals surface area contributed by atoms with E-state index in [4.69, 9.17) is 9.97 Å². The Hall–Kier alpha value is -3.78. The molecular weight excluding hydrogens is 474 g/mol. The lowest BCUT2D eigenvalue weighted by atomic mass is 9.78. The molecule has 6 rings (SSSR count). The standard InChI is InChI=1S/C30H35N7O/c1-30(2)20-34(3)19-22-16-21(12-13-24(22)30)17-25-31-18-23-28(32-25)37-27-11-9-10-26(33-27)35(4)14-7-5-6-8-15-36(37)29(23)38/h6,8-13,16,18H,5,7,14-15,17,19-20H2,1-4H3/b8-6-. The average molecular weight is 510 g/mol. The van der Waals surface area contributed by atoms with Crippen molar-refractivity contribution < 1.29 is 0 Å². The van der Waals surface area contributed by atoms with Crippen molar-refractivity contribution in [3.05, 3.63) is 87.6 Å². The molecule has 4 aromatic rings. The summed E-state index contributed by atoms with van der Waals surface area (Å²) in [7, 11) is 4.23. The molecule has 3 aromatic heterocycles. The van der Waals surface area contributed by atoms with E-state index in [1.807, 2.05) is 22.9 Å². The monoisotopic (exact) mass is 509 g/mol. The molecule has 0 spiro atoms. The highest BCUT2D eigenvalue weighted by atomic mass is 16.1. The molecule has 0 atom stereocenters. The summed E-state index contributed by atoms with van der Waals surface area (Å²) in [4.78, 5) is 32.5. The SMILES string of the molecule is CN1Cc2cc(Cc3ncc4c(=O)n5n(c4n3)-c3cccc(n3)N(C)CCC/C=C\C5)ccc2C(C)(C)C1. The molecule has 2 aliphatic heterocycles. The molecule has 8 nitrogen and oxygen atoms in total. The highest BCUT2D eigenvalue weighted by Crippen LogP contribution is 2.33. The molecule has 1 aromatic carbocycles. The van der Waals surface area contributed by atoms with E-state index < -0.39 is 0 Å². The van der Waals surface area contributed by atoms with Gasteiger partial charge in [0.2, 0.25) is 0 Å². The Morgan fingerprint density at radius 3 is 2.74 bits per heavy atom. The summed E-state index contributed by atoms with van der Waals surface area (Å²) >= 11 is 0. The van der Waals surface area contributed by atoms with Gasteiger partial charge in [-0.25, -0.2) is 24.3 Å². The molecule has 0 saturated heterocycles. The van der Waals surface area contributed by atoms with E-state index in [1.54, 1.807) is 10.9 Å². The van der Waals surface area contributed by atoms with E-state index >= 15 is 0 Å². The minimum Gasteiger partial charge on any atom is -0.360 e. The van der Waals surface area contributed by atoms with Crippen LogP contribution < -0.4 is 10.5 Å². The van der Waals surface area contributed by atoms with Gasteiger partial charge in [0, 0.05) is 44.7 Å². The zero-order chi connectivity index (χ0) is 26.4. The van der Waals surface area contributed by atoms with E-state index in [2.05, 4.69) is 73.1 Å². The Morgan fingerprint density at radius 1 is 1.03 bits per heavy atom. The van der Waals surface area contributed by atoms with Crippen LogP contribution in [0.3, 0.4) is 0 Å². The fraction of sp³-hybridized carbons (Fsp3) is 0.400. The maximum absolute atomic E-state index is 13.5. The number of hydrogen-bond acceptors (Lipinski definition) is 6. The third-order valence-corrected chi connectivity index (χ3v) is 7.73. The Bertz CT molecular complexity index is 1600. The van der Waals surface area contributed by atoms with Gasteiger partial charge in [0.1, 0.15) is 17.0 Å². The molecule has 0 aliphatic carbocycles. The molecule has 2 bridgehead atoms. The quantitative estimate of drug-likeness (QED) is 0.379. The number of allylic oxidation sites excluding steroid dienone is 2. The molecule has 0 unspecified atom stereocenters. The van der Waals surface area contributed by atoms with Crippen molar-refractivity contribution in [1.29, 1.82) is 0 Å². The minimum absolute atomic E-state index is 0.104. The van der Waals surface area contributed by atoms with Crippen molar-refractivity contribution in [2.45, 2.75) is 51.6 Å². The zero-order valence-electron chi connectivity index (χ0n) is 22.7. The van der Waals surface area contributed by atoms with E-state index in [1.165, 1.54) is 16.7 Å². The fourth-order valence-electron chi connectivity index (χ4n) is 5.98. The maximum Gasteiger partial charge on any atom is 0.278 e. The van der Waals surface area contributed by atoms with Crippen molar-refractivity contribution in [3.8, 4) is 5.82 Å². The Morgan fingerprint density at radius 2 is 1.87 bits per heavy atom. The van der Waals surface area contributed by atoms with Gasteiger partial charge in [0.05, 0.1) is 6.54 Å². The Labute approximate surface area is 223 Å². The molecule has 0 saturated carbocycles. The van der Waals surface area contributed by atoms with Gasteiger partial charge in [-0.3, -0.25) is 4.79 Å². The number of pyridine rings is 1. The number of fused-ring (bicyclic) bond motifs is 7. The van der Waals surface area contributed by atoms with E-state index in [9.17, 15) is 4.79 Å². The summed E-state index contributed by atoms with van der Waals surface area (Å²) in [5.74, 6) is 2.25. The summed E-state index contributed by atoms with van der Waals surface area (Å²) < 4.78 is 3.57. The smallest absolute Gasteiger partial charge is 0.278 e. The summed E-state index contributed by atoms with van der Waals surface area (Å²) in [6.07, 6.45) is 8.47. The normalized spacial score (nSPS) is 18.4. The molecule has 8 heteroatoms. The first-order valence-electron chi connectivity index (χ1n) is 13.4. The number of hydrogen-bond donors (Lipinski definition) is 0. The lowest BCUT2D eigenvalue weighted by molar-refractivity contribution is 0.235. The van der Waals surface area contributed by atoms with Crippen LogP contribution in [0.15, 0.2) is 59.5 Å². The van der Waals surface area contributed by atoms with Crippen molar-refractivity contribution >= 4 is 16.9 Å². The lowest BCUT2D eigenvalue weighted by Gasteiger charge is -2.38. The second-order valence-electron chi connectivity index (χ2n) is 11.3.